The highest BCUT2D eigenvalue weighted by Crippen LogP contribution is 2.27. The molecule has 0 unspecified atom stereocenters. The van der Waals surface area contributed by atoms with Crippen molar-refractivity contribution in [1.29, 1.82) is 0 Å². The first-order valence-corrected chi connectivity index (χ1v) is 8.01. The van der Waals surface area contributed by atoms with Gasteiger partial charge in [-0.3, -0.25) is 4.99 Å². The largest absolute Gasteiger partial charge is 0.496 e. The first-order valence-electron chi connectivity index (χ1n) is 8.01. The zero-order valence-corrected chi connectivity index (χ0v) is 16.5. The van der Waals surface area contributed by atoms with Crippen molar-refractivity contribution in [3.05, 3.63) is 59.7 Å². The molecule has 2 aromatic rings. The van der Waals surface area contributed by atoms with Gasteiger partial charge in [0.05, 0.1) is 7.11 Å². The van der Waals surface area contributed by atoms with E-state index in [-0.39, 0.29) is 24.0 Å². The fourth-order valence-electron chi connectivity index (χ4n) is 3.07. The van der Waals surface area contributed by atoms with Gasteiger partial charge in [-0.05, 0) is 36.1 Å². The summed E-state index contributed by atoms with van der Waals surface area (Å²) in [5.74, 6) is 1.88. The number of anilines is 1. The molecule has 0 atom stereocenters. The highest BCUT2D eigenvalue weighted by Gasteiger charge is 2.22. The summed E-state index contributed by atoms with van der Waals surface area (Å²) >= 11 is 0. The lowest BCUT2D eigenvalue weighted by atomic mass is 10.1. The smallest absolute Gasteiger partial charge is 0.198 e. The van der Waals surface area contributed by atoms with Crippen molar-refractivity contribution in [2.75, 3.05) is 32.1 Å². The number of fused-ring (bicyclic) bond motifs is 1. The van der Waals surface area contributed by atoms with E-state index in [4.69, 9.17) is 4.74 Å². The van der Waals surface area contributed by atoms with E-state index in [1.54, 1.807) is 7.11 Å². The Hall–Kier alpha value is -1.76. The monoisotopic (exact) mass is 437 g/mol. The quantitative estimate of drug-likeness (QED) is 0.452. The van der Waals surface area contributed by atoms with E-state index in [1.165, 1.54) is 16.8 Å². The normalized spacial score (nSPS) is 13.2. The predicted molar refractivity (Wildman–Crippen MR) is 111 cm³/mol. The minimum absolute atomic E-state index is 0. The number of benzene rings is 2. The molecule has 0 saturated heterocycles. The maximum Gasteiger partial charge on any atom is 0.198 e. The molecule has 0 saturated carbocycles. The molecule has 1 N–H and O–H groups in total. The number of nitrogens with one attached hydrogen (secondary N) is 1. The van der Waals surface area contributed by atoms with E-state index in [0.717, 1.165) is 37.6 Å². The lowest BCUT2D eigenvalue weighted by Crippen LogP contribution is -2.41. The summed E-state index contributed by atoms with van der Waals surface area (Å²) in [4.78, 5) is 6.70. The second-order valence-electron chi connectivity index (χ2n) is 5.57. The van der Waals surface area contributed by atoms with Crippen molar-refractivity contribution < 1.29 is 4.74 Å². The molecule has 0 bridgehead atoms. The average Bonchev–Trinajstić information content (AvgIpc) is 3.03. The third-order valence-electron chi connectivity index (χ3n) is 4.22. The van der Waals surface area contributed by atoms with Crippen LogP contribution < -0.4 is 15.0 Å². The third-order valence-corrected chi connectivity index (χ3v) is 4.22. The SMILES string of the molecule is CN=C(NCCc1ccccc1OC)N1CCc2ccccc21.I. The summed E-state index contributed by atoms with van der Waals surface area (Å²) in [6.45, 7) is 1.80. The maximum atomic E-state index is 5.41. The molecule has 24 heavy (non-hydrogen) atoms. The van der Waals surface area contributed by atoms with Gasteiger partial charge in [-0.2, -0.15) is 0 Å². The van der Waals surface area contributed by atoms with Crippen LogP contribution in [0.3, 0.4) is 0 Å². The van der Waals surface area contributed by atoms with Crippen LogP contribution in [-0.2, 0) is 12.8 Å². The number of hydrogen-bond donors (Lipinski definition) is 1. The van der Waals surface area contributed by atoms with E-state index in [9.17, 15) is 0 Å². The van der Waals surface area contributed by atoms with Crippen molar-refractivity contribution in [2.24, 2.45) is 4.99 Å². The van der Waals surface area contributed by atoms with Gasteiger partial charge in [0.15, 0.2) is 5.96 Å². The molecule has 3 rings (SSSR count). The van der Waals surface area contributed by atoms with E-state index >= 15 is 0 Å². The highest BCUT2D eigenvalue weighted by molar-refractivity contribution is 14.0. The zero-order valence-electron chi connectivity index (χ0n) is 14.2. The Morgan fingerprint density at radius 3 is 2.71 bits per heavy atom. The molecule has 5 heteroatoms. The Bertz CT molecular complexity index is 703. The van der Waals surface area contributed by atoms with E-state index in [2.05, 4.69) is 45.5 Å². The molecule has 1 aliphatic heterocycles. The summed E-state index contributed by atoms with van der Waals surface area (Å²) in [7, 11) is 3.55. The summed E-state index contributed by atoms with van der Waals surface area (Å²) in [6.07, 6.45) is 1.97. The number of rotatable bonds is 4. The second-order valence-corrected chi connectivity index (χ2v) is 5.57. The van der Waals surface area contributed by atoms with Gasteiger partial charge in [-0.1, -0.05) is 36.4 Å². The molecule has 1 heterocycles. The van der Waals surface area contributed by atoms with Crippen LogP contribution in [0.5, 0.6) is 5.75 Å². The van der Waals surface area contributed by atoms with Crippen LogP contribution in [0.15, 0.2) is 53.5 Å². The van der Waals surface area contributed by atoms with Gasteiger partial charge in [0.1, 0.15) is 5.75 Å². The Morgan fingerprint density at radius 2 is 1.92 bits per heavy atom. The second kappa shape index (κ2) is 8.92. The molecule has 0 spiro atoms. The summed E-state index contributed by atoms with van der Waals surface area (Å²) in [5.41, 5.74) is 3.86. The van der Waals surface area contributed by atoms with Crippen molar-refractivity contribution in [2.45, 2.75) is 12.8 Å². The van der Waals surface area contributed by atoms with Crippen LogP contribution in [0.2, 0.25) is 0 Å². The number of methoxy groups -OCH3 is 1. The van der Waals surface area contributed by atoms with Crippen LogP contribution >= 0.6 is 24.0 Å². The van der Waals surface area contributed by atoms with Gasteiger partial charge in [0, 0.05) is 25.8 Å². The molecular formula is C19H24IN3O. The fraction of sp³-hybridized carbons (Fsp3) is 0.316. The van der Waals surface area contributed by atoms with Gasteiger partial charge >= 0.3 is 0 Å². The highest BCUT2D eigenvalue weighted by atomic mass is 127. The number of ether oxygens (including phenoxy) is 1. The maximum absolute atomic E-state index is 5.41. The minimum Gasteiger partial charge on any atom is -0.496 e. The van der Waals surface area contributed by atoms with Gasteiger partial charge in [0.25, 0.3) is 0 Å². The number of para-hydroxylation sites is 2. The Labute approximate surface area is 160 Å². The van der Waals surface area contributed by atoms with Crippen molar-refractivity contribution in [1.82, 2.24) is 5.32 Å². The molecule has 128 valence electrons. The minimum atomic E-state index is 0. The molecule has 0 aromatic heterocycles. The first kappa shape index (κ1) is 18.6. The molecule has 4 nitrogen and oxygen atoms in total. The Morgan fingerprint density at radius 1 is 1.17 bits per heavy atom. The molecule has 0 aliphatic carbocycles. The summed E-state index contributed by atoms with van der Waals surface area (Å²) in [5, 5.41) is 3.47. The molecule has 0 amide bonds. The molecule has 1 aliphatic rings. The van der Waals surface area contributed by atoms with Crippen molar-refractivity contribution in [3.63, 3.8) is 0 Å². The summed E-state index contributed by atoms with van der Waals surface area (Å²) in [6, 6.07) is 16.7. The van der Waals surface area contributed by atoms with Gasteiger partial charge in [0.2, 0.25) is 0 Å². The predicted octanol–water partition coefficient (Wildman–Crippen LogP) is 3.49. The third kappa shape index (κ3) is 4.01. The standard InChI is InChI=1S/C19H23N3O.HI/c1-20-19(22-14-12-15-7-3-5-9-17(15)22)21-13-11-16-8-4-6-10-18(16)23-2;/h3-10H,11-14H2,1-2H3,(H,20,21);1H. The number of guanidine groups is 1. The lowest BCUT2D eigenvalue weighted by Gasteiger charge is -2.22. The van der Waals surface area contributed by atoms with Gasteiger partial charge in [-0.25, -0.2) is 0 Å². The van der Waals surface area contributed by atoms with Crippen molar-refractivity contribution in [3.8, 4) is 5.75 Å². The fourth-order valence-corrected chi connectivity index (χ4v) is 3.07. The van der Waals surface area contributed by atoms with Crippen LogP contribution in [-0.4, -0.2) is 33.2 Å². The number of aliphatic imine (C=N–C) groups is 1. The van der Waals surface area contributed by atoms with Crippen LogP contribution in [0.25, 0.3) is 0 Å². The number of hydrogen-bond acceptors (Lipinski definition) is 2. The number of nitrogens with zero attached hydrogens (tertiary/aromatic N) is 2. The van der Waals surface area contributed by atoms with Crippen molar-refractivity contribution >= 4 is 35.6 Å². The van der Waals surface area contributed by atoms with Crippen LogP contribution in [0.1, 0.15) is 11.1 Å². The Balaban J connectivity index is 0.00000208. The Kier molecular flexibility index (Phi) is 6.90. The van der Waals surface area contributed by atoms with E-state index in [0.29, 0.717) is 0 Å². The first-order chi connectivity index (χ1) is 11.3. The molecule has 2 aromatic carbocycles. The average molecular weight is 437 g/mol. The topological polar surface area (TPSA) is 36.9 Å². The van der Waals surface area contributed by atoms with E-state index in [1.807, 2.05) is 25.2 Å². The van der Waals surface area contributed by atoms with Gasteiger partial charge in [-0.15, -0.1) is 24.0 Å². The molecule has 0 fully saturated rings. The molecular weight excluding hydrogens is 413 g/mol. The number of halogens is 1. The molecule has 0 radical (unpaired) electrons. The van der Waals surface area contributed by atoms with E-state index < -0.39 is 0 Å². The lowest BCUT2D eigenvalue weighted by molar-refractivity contribution is 0.409. The summed E-state index contributed by atoms with van der Waals surface area (Å²) < 4.78 is 5.41. The van der Waals surface area contributed by atoms with Gasteiger partial charge < -0.3 is 15.0 Å². The zero-order chi connectivity index (χ0) is 16.1. The van der Waals surface area contributed by atoms with Crippen LogP contribution in [0.4, 0.5) is 5.69 Å². The van der Waals surface area contributed by atoms with Crippen LogP contribution in [0, 0.1) is 0 Å².